The largest absolute Gasteiger partial charge is 0.378 e. The van der Waals surface area contributed by atoms with Crippen LogP contribution in [0.25, 0.3) is 10.6 Å². The first-order chi connectivity index (χ1) is 13.0. The van der Waals surface area contributed by atoms with Gasteiger partial charge in [0, 0.05) is 30.9 Å². The number of aromatic nitrogens is 1. The number of carbonyl (C=O) groups excluding carboxylic acids is 2. The Labute approximate surface area is 161 Å². The third-order valence-corrected chi connectivity index (χ3v) is 5.16. The van der Waals surface area contributed by atoms with Gasteiger partial charge in [-0.3, -0.25) is 20.4 Å². The lowest BCUT2D eigenvalue weighted by atomic mass is 10.2. The highest BCUT2D eigenvalue weighted by Crippen LogP contribution is 2.27. The Hall–Kier alpha value is -3.19. The highest BCUT2D eigenvalue weighted by atomic mass is 32.1. The standard InChI is InChI=1S/C20H20N4O2S/c1-13-17(27-20(21-13)15-7-5-4-6-8-15)19(26)23-22-18(25)14-9-11-16(12-10-14)24(2)3/h4-12H,1-3H3,(H,22,25)(H,23,26). The van der Waals surface area contributed by atoms with Crippen LogP contribution in [0.2, 0.25) is 0 Å². The van der Waals surface area contributed by atoms with Gasteiger partial charge < -0.3 is 4.90 Å². The Morgan fingerprint density at radius 1 is 0.926 bits per heavy atom. The van der Waals surface area contributed by atoms with Crippen LogP contribution in [0.5, 0.6) is 0 Å². The molecule has 0 bridgehead atoms. The fourth-order valence-electron chi connectivity index (χ4n) is 2.46. The van der Waals surface area contributed by atoms with Crippen LogP contribution in [0, 0.1) is 6.92 Å². The number of amides is 2. The molecule has 1 heterocycles. The number of thiazole rings is 1. The maximum atomic E-state index is 12.4. The van der Waals surface area contributed by atoms with E-state index >= 15 is 0 Å². The molecule has 0 unspecified atom stereocenters. The number of aryl methyl sites for hydroxylation is 1. The molecule has 0 fully saturated rings. The van der Waals surface area contributed by atoms with Gasteiger partial charge in [-0.05, 0) is 31.2 Å². The van der Waals surface area contributed by atoms with Crippen LogP contribution in [0.15, 0.2) is 54.6 Å². The van der Waals surface area contributed by atoms with Crippen LogP contribution < -0.4 is 15.8 Å². The van der Waals surface area contributed by atoms with Gasteiger partial charge in [-0.15, -0.1) is 11.3 Å². The smallest absolute Gasteiger partial charge is 0.281 e. The van der Waals surface area contributed by atoms with Crippen molar-refractivity contribution < 1.29 is 9.59 Å². The lowest BCUT2D eigenvalue weighted by Gasteiger charge is -2.12. The number of anilines is 1. The third kappa shape index (κ3) is 4.32. The van der Waals surface area contributed by atoms with E-state index in [4.69, 9.17) is 0 Å². The van der Waals surface area contributed by atoms with Crippen molar-refractivity contribution in [3.8, 4) is 10.6 Å². The minimum atomic E-state index is -0.384. The first-order valence-corrected chi connectivity index (χ1v) is 9.18. The average Bonchev–Trinajstić information content (AvgIpc) is 3.08. The summed E-state index contributed by atoms with van der Waals surface area (Å²) in [4.78, 5) is 31.5. The van der Waals surface area contributed by atoms with Gasteiger partial charge in [-0.2, -0.15) is 0 Å². The number of hydrogen-bond acceptors (Lipinski definition) is 5. The summed E-state index contributed by atoms with van der Waals surface area (Å²) >= 11 is 1.29. The molecule has 138 valence electrons. The van der Waals surface area contributed by atoms with E-state index in [-0.39, 0.29) is 11.8 Å². The summed E-state index contributed by atoms with van der Waals surface area (Å²) in [6.45, 7) is 1.78. The summed E-state index contributed by atoms with van der Waals surface area (Å²) in [5.74, 6) is -0.760. The van der Waals surface area contributed by atoms with E-state index in [0.717, 1.165) is 16.3 Å². The van der Waals surface area contributed by atoms with Gasteiger partial charge in [0.1, 0.15) is 9.88 Å². The summed E-state index contributed by atoms with van der Waals surface area (Å²) in [6.07, 6.45) is 0. The van der Waals surface area contributed by atoms with Gasteiger partial charge in [0.2, 0.25) is 0 Å². The lowest BCUT2D eigenvalue weighted by Crippen LogP contribution is -2.41. The molecule has 3 aromatic rings. The number of nitrogens with one attached hydrogen (secondary N) is 2. The molecule has 0 radical (unpaired) electrons. The second kappa shape index (κ2) is 8.01. The van der Waals surface area contributed by atoms with Crippen molar-refractivity contribution in [2.45, 2.75) is 6.92 Å². The monoisotopic (exact) mass is 380 g/mol. The maximum absolute atomic E-state index is 12.4. The van der Waals surface area contributed by atoms with Crippen molar-refractivity contribution in [2.24, 2.45) is 0 Å². The van der Waals surface area contributed by atoms with Crippen molar-refractivity contribution in [3.05, 3.63) is 70.7 Å². The Kier molecular flexibility index (Phi) is 5.52. The fraction of sp³-hybridized carbons (Fsp3) is 0.150. The minimum Gasteiger partial charge on any atom is -0.378 e. The molecule has 0 spiro atoms. The van der Waals surface area contributed by atoms with Gasteiger partial charge >= 0.3 is 0 Å². The van der Waals surface area contributed by atoms with Crippen LogP contribution >= 0.6 is 11.3 Å². The molecule has 2 amide bonds. The summed E-state index contributed by atoms with van der Waals surface area (Å²) in [5.41, 5.74) is 7.94. The van der Waals surface area contributed by atoms with Crippen LogP contribution in [-0.2, 0) is 0 Å². The molecule has 0 aliphatic heterocycles. The zero-order valence-corrected chi connectivity index (χ0v) is 16.1. The maximum Gasteiger partial charge on any atom is 0.281 e. The fourth-order valence-corrected chi connectivity index (χ4v) is 3.43. The number of hydrogen-bond donors (Lipinski definition) is 2. The van der Waals surface area contributed by atoms with E-state index in [1.807, 2.05) is 61.5 Å². The van der Waals surface area contributed by atoms with Crippen molar-refractivity contribution in [1.29, 1.82) is 0 Å². The number of rotatable bonds is 4. The second-order valence-corrected chi connectivity index (χ2v) is 7.15. The first kappa shape index (κ1) is 18.6. The highest BCUT2D eigenvalue weighted by molar-refractivity contribution is 7.17. The number of carbonyl (C=O) groups is 2. The van der Waals surface area contributed by atoms with E-state index in [0.29, 0.717) is 16.1 Å². The molecule has 6 nitrogen and oxygen atoms in total. The normalized spacial score (nSPS) is 10.3. The molecule has 0 saturated carbocycles. The van der Waals surface area contributed by atoms with Gasteiger partial charge in [0.25, 0.3) is 11.8 Å². The molecule has 27 heavy (non-hydrogen) atoms. The Morgan fingerprint density at radius 3 is 2.19 bits per heavy atom. The Bertz CT molecular complexity index is 950. The quantitative estimate of drug-likeness (QED) is 0.682. The van der Waals surface area contributed by atoms with E-state index in [1.54, 1.807) is 19.1 Å². The van der Waals surface area contributed by atoms with Crippen LogP contribution in [-0.4, -0.2) is 30.9 Å². The molecule has 3 rings (SSSR count). The molecule has 1 aromatic heterocycles. The van der Waals surface area contributed by atoms with Gasteiger partial charge in [-0.25, -0.2) is 4.98 Å². The van der Waals surface area contributed by atoms with Crippen molar-refractivity contribution in [2.75, 3.05) is 19.0 Å². The predicted octanol–water partition coefficient (Wildman–Crippen LogP) is 3.26. The predicted molar refractivity (Wildman–Crippen MR) is 108 cm³/mol. The summed E-state index contributed by atoms with van der Waals surface area (Å²) < 4.78 is 0. The molecule has 7 heteroatoms. The van der Waals surface area contributed by atoms with Crippen molar-refractivity contribution in [1.82, 2.24) is 15.8 Å². The molecule has 0 saturated heterocycles. The molecule has 0 aliphatic rings. The molecule has 0 atom stereocenters. The van der Waals surface area contributed by atoms with E-state index in [9.17, 15) is 9.59 Å². The molecule has 0 aliphatic carbocycles. The lowest BCUT2D eigenvalue weighted by molar-refractivity contribution is 0.0848. The number of benzene rings is 2. The second-order valence-electron chi connectivity index (χ2n) is 6.15. The number of nitrogens with zero attached hydrogens (tertiary/aromatic N) is 2. The SMILES string of the molecule is Cc1nc(-c2ccccc2)sc1C(=O)NNC(=O)c1ccc(N(C)C)cc1. The highest BCUT2D eigenvalue weighted by Gasteiger charge is 2.17. The zero-order valence-electron chi connectivity index (χ0n) is 15.3. The van der Waals surface area contributed by atoms with E-state index < -0.39 is 0 Å². The van der Waals surface area contributed by atoms with E-state index in [2.05, 4.69) is 15.8 Å². The van der Waals surface area contributed by atoms with Crippen LogP contribution in [0.1, 0.15) is 25.7 Å². The average molecular weight is 380 g/mol. The van der Waals surface area contributed by atoms with Crippen LogP contribution in [0.4, 0.5) is 5.69 Å². The summed E-state index contributed by atoms with van der Waals surface area (Å²) in [5, 5.41) is 0.767. The molecular weight excluding hydrogens is 360 g/mol. The van der Waals surface area contributed by atoms with Crippen molar-refractivity contribution in [3.63, 3.8) is 0 Å². The first-order valence-electron chi connectivity index (χ1n) is 8.36. The van der Waals surface area contributed by atoms with Gasteiger partial charge in [0.15, 0.2) is 0 Å². The zero-order chi connectivity index (χ0) is 19.4. The van der Waals surface area contributed by atoms with Gasteiger partial charge in [-0.1, -0.05) is 30.3 Å². The Morgan fingerprint density at radius 2 is 1.56 bits per heavy atom. The topological polar surface area (TPSA) is 74.3 Å². The van der Waals surface area contributed by atoms with Crippen molar-refractivity contribution >= 4 is 28.8 Å². The number of hydrazine groups is 1. The van der Waals surface area contributed by atoms with Crippen LogP contribution in [0.3, 0.4) is 0 Å². The molecular formula is C20H20N4O2S. The third-order valence-electron chi connectivity index (χ3n) is 3.96. The summed E-state index contributed by atoms with van der Waals surface area (Å²) in [6, 6.07) is 16.8. The molecule has 2 N–H and O–H groups in total. The molecule has 2 aromatic carbocycles. The summed E-state index contributed by atoms with van der Waals surface area (Å²) in [7, 11) is 3.85. The minimum absolute atomic E-state index is 0.376. The van der Waals surface area contributed by atoms with Gasteiger partial charge in [0.05, 0.1) is 5.69 Å². The van der Waals surface area contributed by atoms with E-state index in [1.165, 1.54) is 11.3 Å². The Balaban J connectivity index is 1.65.